The molecule has 9 aromatic rings. The van der Waals surface area contributed by atoms with E-state index < -0.39 is 5.67 Å². The van der Waals surface area contributed by atoms with Crippen molar-refractivity contribution in [3.63, 3.8) is 0 Å². The predicted molar refractivity (Wildman–Crippen MR) is 407 cm³/mol. The van der Waals surface area contributed by atoms with Gasteiger partial charge >= 0.3 is 0 Å². The molecule has 3 N–H and O–H groups in total. The zero-order valence-corrected chi connectivity index (χ0v) is 61.4. The van der Waals surface area contributed by atoms with Gasteiger partial charge in [0, 0.05) is 123 Å². The summed E-state index contributed by atoms with van der Waals surface area (Å²) in [6.45, 7) is 12.7. The van der Waals surface area contributed by atoms with Crippen LogP contribution in [0.2, 0.25) is 0 Å². The van der Waals surface area contributed by atoms with Crippen molar-refractivity contribution in [3.05, 3.63) is 210 Å². The predicted octanol–water partition coefficient (Wildman–Crippen LogP) is 15.9. The lowest BCUT2D eigenvalue weighted by Crippen LogP contribution is -2.43. The van der Waals surface area contributed by atoms with Crippen molar-refractivity contribution in [2.45, 2.75) is 172 Å². The average molecular weight is 1410 g/mol. The molecule has 6 heterocycles. The topological polar surface area (TPSA) is 204 Å². The summed E-state index contributed by atoms with van der Waals surface area (Å²) in [6, 6.07) is 36.1. The minimum atomic E-state index is -1.46. The van der Waals surface area contributed by atoms with Gasteiger partial charge in [0.05, 0.1) is 6.61 Å². The van der Waals surface area contributed by atoms with Crippen molar-refractivity contribution < 1.29 is 28.2 Å². The number of halogens is 1. The summed E-state index contributed by atoms with van der Waals surface area (Å²) in [5.41, 5.74) is 16.1. The molecule has 3 saturated carbocycles. The maximum absolute atomic E-state index is 15.8. The van der Waals surface area contributed by atoms with E-state index in [0.717, 1.165) is 138 Å². The van der Waals surface area contributed by atoms with Crippen LogP contribution in [0.1, 0.15) is 241 Å². The van der Waals surface area contributed by atoms with E-state index >= 15 is 4.39 Å². The molecule has 3 aliphatic heterocycles. The highest BCUT2D eigenvalue weighted by Crippen LogP contribution is 2.46. The molecular formula is C87H95FN12O5. The number of H-pyrrole nitrogens is 3. The number of carbonyl (C=O) groups is 3. The maximum atomic E-state index is 15.8. The van der Waals surface area contributed by atoms with Crippen LogP contribution >= 0.6 is 0 Å². The Morgan fingerprint density at radius 1 is 0.467 bits per heavy atom. The highest BCUT2D eigenvalue weighted by Gasteiger charge is 2.39. The van der Waals surface area contributed by atoms with Crippen molar-refractivity contribution >= 4 is 17.7 Å². The zero-order chi connectivity index (χ0) is 73.3. The van der Waals surface area contributed by atoms with Crippen LogP contribution in [0.4, 0.5) is 4.39 Å². The molecule has 15 rings (SSSR count). The molecule has 3 aliphatic carbocycles. The lowest BCUT2D eigenvalue weighted by Gasteiger charge is -2.37. The molecule has 17 nitrogen and oxygen atoms in total. The van der Waals surface area contributed by atoms with E-state index in [1.54, 1.807) is 43.4 Å². The second kappa shape index (κ2) is 32.8. The smallest absolute Gasteiger partial charge is 0.254 e. The fourth-order valence-corrected chi connectivity index (χ4v) is 15.7. The van der Waals surface area contributed by atoms with E-state index in [9.17, 15) is 14.4 Å². The molecule has 3 amide bonds. The molecule has 0 unspecified atom stereocenters. The number of benzene rings is 6. The van der Waals surface area contributed by atoms with Crippen LogP contribution in [0.3, 0.4) is 0 Å². The molecule has 3 aromatic heterocycles. The van der Waals surface area contributed by atoms with Crippen molar-refractivity contribution in [2.75, 3.05) is 60.1 Å². The molecule has 0 atom stereocenters. The standard InChI is InChI=1S/C30H33FN4O2.C29H32N4O2.C28H30N4O/c1-4-21-8-10-23(11-9-21)30(31)13-15-35(16-14-30)29(36)24-19-26(25(18-20(24)2)22-6-5-7-22)28-32-27(33-34-28)12-17-37-3;1-4-20-8-10-21(11-9-20)22-12-14-33(15-13-22)29(34)24-17-26(28-30-27(18-35-3)31-32-28)25(16-19(24)2)23-6-5-7-23;1-4-20-8-10-21(11-9-20)22-12-14-32(15-13-22)28(33)24-17-26(27-29-19(3)30-31-27)25(16-18(24)2)23-6-5-7-23/h1,8-11,18-19,22H,5-7,12-17H2,2-3H3,(H,32,33,34);1,8-11,16-17,22-23H,5-7,12-15,18H2,2-3H3,(H,30,31,32);1,8-11,16-17,22-23H,5-7,12-15H2,2-3H3,(H,29,30,31). The number of hydrogen-bond donors (Lipinski definition) is 3. The Balaban J connectivity index is 0.000000140. The number of carbonyl (C=O) groups excluding carboxylic acids is 3. The lowest BCUT2D eigenvalue weighted by molar-refractivity contribution is 0.0420. The van der Waals surface area contributed by atoms with Gasteiger partial charge in [0.15, 0.2) is 23.3 Å². The molecule has 0 spiro atoms. The first-order valence-electron chi connectivity index (χ1n) is 37.4. The van der Waals surface area contributed by atoms with Crippen molar-refractivity contribution in [2.24, 2.45) is 0 Å². The summed E-state index contributed by atoms with van der Waals surface area (Å²) in [4.78, 5) is 60.5. The van der Waals surface area contributed by atoms with Crippen molar-refractivity contribution in [3.8, 4) is 71.2 Å². The maximum Gasteiger partial charge on any atom is 0.254 e. The number of hydrogen-bond acceptors (Lipinski definition) is 11. The van der Waals surface area contributed by atoms with Gasteiger partial charge in [-0.25, -0.2) is 19.3 Å². The van der Waals surface area contributed by atoms with Crippen molar-refractivity contribution in [1.29, 1.82) is 0 Å². The highest BCUT2D eigenvalue weighted by molar-refractivity contribution is 5.99. The number of amides is 3. The number of piperidine rings is 3. The number of rotatable bonds is 17. The fourth-order valence-electron chi connectivity index (χ4n) is 15.7. The SMILES string of the molecule is C#Cc1ccc(C2(F)CCN(C(=O)c3cc(-c4n[nH]c(CCOC)n4)c(C4CCC4)cc3C)CC2)cc1.C#Cc1ccc(C2CCN(C(=O)c3cc(-c4n[nH]c(C)n4)c(C4CCC4)cc3C)CC2)cc1.C#Cc1ccc(C2CCN(C(=O)c3cc(-c4n[nH]c(COC)n4)c(C4CCC4)cc3C)CC2)cc1. The van der Waals surface area contributed by atoms with Gasteiger partial charge in [0.1, 0.15) is 23.9 Å². The van der Waals surface area contributed by atoms with Gasteiger partial charge in [-0.3, -0.25) is 29.7 Å². The second-order valence-electron chi connectivity index (χ2n) is 29.4. The summed E-state index contributed by atoms with van der Waals surface area (Å²) >= 11 is 0. The minimum Gasteiger partial charge on any atom is -0.384 e. The van der Waals surface area contributed by atoms with Crippen LogP contribution < -0.4 is 0 Å². The molecule has 3 saturated heterocycles. The normalized spacial score (nSPS) is 17.0. The highest BCUT2D eigenvalue weighted by atomic mass is 19.1. The summed E-state index contributed by atoms with van der Waals surface area (Å²) < 4.78 is 26.2. The van der Waals surface area contributed by atoms with Crippen LogP contribution in [0.5, 0.6) is 0 Å². The average Bonchev–Trinajstić information content (AvgIpc) is 1.69. The number of ether oxygens (including phenoxy) is 2. The Bertz CT molecular complexity index is 4710. The summed E-state index contributed by atoms with van der Waals surface area (Å²) in [5.74, 6) is 14.7. The Kier molecular flexibility index (Phi) is 22.8. The van der Waals surface area contributed by atoms with E-state index in [1.165, 1.54) is 72.8 Å². The third kappa shape index (κ3) is 16.3. The number of nitrogens with one attached hydrogen (secondary N) is 3. The number of alkyl halides is 1. The van der Waals surface area contributed by atoms with E-state index in [4.69, 9.17) is 33.7 Å². The van der Waals surface area contributed by atoms with E-state index in [-0.39, 0.29) is 30.6 Å². The van der Waals surface area contributed by atoms with Gasteiger partial charge < -0.3 is 24.2 Å². The van der Waals surface area contributed by atoms with Crippen LogP contribution in [-0.4, -0.2) is 138 Å². The largest absolute Gasteiger partial charge is 0.384 e. The van der Waals surface area contributed by atoms with Gasteiger partial charge in [-0.05, 0) is 226 Å². The summed E-state index contributed by atoms with van der Waals surface area (Å²) in [7, 11) is 3.30. The summed E-state index contributed by atoms with van der Waals surface area (Å²) in [5, 5.41) is 22.3. The molecular weight excluding hydrogens is 1310 g/mol. The number of terminal acetylenes is 3. The van der Waals surface area contributed by atoms with E-state index in [0.29, 0.717) is 96.7 Å². The van der Waals surface area contributed by atoms with Crippen LogP contribution in [0, 0.1) is 64.7 Å². The molecule has 18 heteroatoms. The number of aromatic nitrogens is 9. The fraction of sp³-hybridized carbons (Fsp3) is 0.414. The molecule has 0 bridgehead atoms. The zero-order valence-electron chi connectivity index (χ0n) is 61.4. The molecule has 0 radical (unpaired) electrons. The van der Waals surface area contributed by atoms with E-state index in [1.807, 2.05) is 73.0 Å². The molecule has 6 aliphatic rings. The van der Waals surface area contributed by atoms with Crippen LogP contribution in [0.25, 0.3) is 34.2 Å². The first-order chi connectivity index (χ1) is 51.0. The lowest BCUT2D eigenvalue weighted by atomic mass is 9.77. The van der Waals surface area contributed by atoms with Gasteiger partial charge in [-0.1, -0.05) is 91.6 Å². The molecule has 105 heavy (non-hydrogen) atoms. The molecule has 540 valence electrons. The number of likely N-dealkylation sites (tertiary alicyclic amines) is 3. The Morgan fingerprint density at radius 3 is 1.18 bits per heavy atom. The number of aryl methyl sites for hydroxylation is 4. The van der Waals surface area contributed by atoms with Crippen molar-refractivity contribution in [1.82, 2.24) is 60.2 Å². The van der Waals surface area contributed by atoms with Gasteiger partial charge in [0.2, 0.25) is 0 Å². The Hall–Kier alpha value is -10.3. The first kappa shape index (κ1) is 73.0. The van der Waals surface area contributed by atoms with Crippen LogP contribution in [-0.2, 0) is 28.2 Å². The van der Waals surface area contributed by atoms with Gasteiger partial charge in [0.25, 0.3) is 17.7 Å². The van der Waals surface area contributed by atoms with Gasteiger partial charge in [-0.15, -0.1) is 19.3 Å². The molecule has 6 fully saturated rings. The molecule has 6 aromatic carbocycles. The number of nitrogens with zero attached hydrogens (tertiary/aromatic N) is 9. The quantitative estimate of drug-likeness (QED) is 0.0732. The Morgan fingerprint density at radius 2 is 0.829 bits per heavy atom. The third-order valence-electron chi connectivity index (χ3n) is 22.8. The third-order valence-corrected chi connectivity index (χ3v) is 22.8. The van der Waals surface area contributed by atoms with Gasteiger partial charge in [-0.2, -0.15) is 15.3 Å². The summed E-state index contributed by atoms with van der Waals surface area (Å²) in [6.07, 6.45) is 32.1. The minimum absolute atomic E-state index is 0.0706. The van der Waals surface area contributed by atoms with E-state index in [2.05, 4.69) is 108 Å². The number of aromatic amines is 3. The first-order valence-corrected chi connectivity index (χ1v) is 37.4. The second-order valence-corrected chi connectivity index (χ2v) is 29.4. The number of methoxy groups -OCH3 is 2. The monoisotopic (exact) mass is 1410 g/mol. The van der Waals surface area contributed by atoms with Crippen LogP contribution in [0.15, 0.2) is 109 Å². The Labute approximate surface area is 616 Å².